The van der Waals surface area contributed by atoms with Crippen molar-refractivity contribution in [3.05, 3.63) is 12.2 Å². The number of allylic oxidation sites excluding steroid dienone is 1. The Labute approximate surface area is 57.7 Å². The summed E-state index contributed by atoms with van der Waals surface area (Å²) in [6.07, 6.45) is 6.40. The molecular weight excluding hydrogens is 112 g/mol. The fourth-order valence-corrected chi connectivity index (χ4v) is 0.530. The molecule has 54 valence electrons. The molecule has 0 saturated heterocycles. The second kappa shape index (κ2) is 7.70. The average Bonchev–Trinajstić information content (AvgIpc) is 1.89. The standard InChI is InChI=1S/C8H16O/c1-3-5-6-8-9-7-4-2/h5-6H,3-4,7-8H2,1-2H3/b6-5-. The highest BCUT2D eigenvalue weighted by Gasteiger charge is 1.77. The van der Waals surface area contributed by atoms with Gasteiger partial charge in [0.25, 0.3) is 0 Å². The monoisotopic (exact) mass is 128 g/mol. The first-order valence-electron chi connectivity index (χ1n) is 3.64. The fourth-order valence-electron chi connectivity index (χ4n) is 0.530. The molecule has 0 rings (SSSR count). The zero-order valence-electron chi connectivity index (χ0n) is 6.39. The molecular formula is C8H16O. The molecule has 0 atom stereocenters. The van der Waals surface area contributed by atoms with Gasteiger partial charge in [0, 0.05) is 6.61 Å². The Morgan fingerprint density at radius 3 is 2.56 bits per heavy atom. The molecule has 0 amide bonds. The summed E-state index contributed by atoms with van der Waals surface area (Å²) in [6.45, 7) is 5.90. The summed E-state index contributed by atoms with van der Waals surface area (Å²) in [5.74, 6) is 0. The third kappa shape index (κ3) is 7.70. The molecule has 0 radical (unpaired) electrons. The Bertz CT molecular complexity index is 67.0. The van der Waals surface area contributed by atoms with Gasteiger partial charge in [-0.1, -0.05) is 26.0 Å². The second-order valence-electron chi connectivity index (χ2n) is 1.95. The molecule has 0 aromatic carbocycles. The highest BCUT2D eigenvalue weighted by atomic mass is 16.5. The maximum atomic E-state index is 5.20. The van der Waals surface area contributed by atoms with Crippen molar-refractivity contribution in [2.24, 2.45) is 0 Å². The summed E-state index contributed by atoms with van der Waals surface area (Å²) in [4.78, 5) is 0. The van der Waals surface area contributed by atoms with Gasteiger partial charge >= 0.3 is 0 Å². The van der Waals surface area contributed by atoms with E-state index in [-0.39, 0.29) is 0 Å². The quantitative estimate of drug-likeness (QED) is 0.408. The summed E-state index contributed by atoms with van der Waals surface area (Å²) >= 11 is 0. The number of hydrogen-bond donors (Lipinski definition) is 0. The minimum absolute atomic E-state index is 0.779. The lowest BCUT2D eigenvalue weighted by atomic mass is 10.4. The summed E-state index contributed by atoms with van der Waals surface area (Å²) in [6, 6.07) is 0. The van der Waals surface area contributed by atoms with Crippen molar-refractivity contribution in [3.8, 4) is 0 Å². The smallest absolute Gasteiger partial charge is 0.0647 e. The third-order valence-electron chi connectivity index (χ3n) is 0.965. The van der Waals surface area contributed by atoms with Crippen LogP contribution in [0.5, 0.6) is 0 Å². The normalized spacial score (nSPS) is 10.9. The van der Waals surface area contributed by atoms with E-state index in [0.717, 1.165) is 26.1 Å². The van der Waals surface area contributed by atoms with Gasteiger partial charge in [0.1, 0.15) is 0 Å². The minimum atomic E-state index is 0.779. The SMILES string of the molecule is CC/C=C\COCCC. The van der Waals surface area contributed by atoms with E-state index in [2.05, 4.69) is 26.0 Å². The van der Waals surface area contributed by atoms with Crippen molar-refractivity contribution in [3.63, 3.8) is 0 Å². The molecule has 0 N–H and O–H groups in total. The summed E-state index contributed by atoms with van der Waals surface area (Å²) in [5.41, 5.74) is 0. The zero-order chi connectivity index (χ0) is 6.95. The first-order chi connectivity index (χ1) is 4.41. The summed E-state index contributed by atoms with van der Waals surface area (Å²) in [5, 5.41) is 0. The molecule has 0 aliphatic rings. The van der Waals surface area contributed by atoms with Crippen molar-refractivity contribution in [1.82, 2.24) is 0 Å². The van der Waals surface area contributed by atoms with E-state index in [1.165, 1.54) is 0 Å². The van der Waals surface area contributed by atoms with Crippen LogP contribution in [-0.4, -0.2) is 13.2 Å². The van der Waals surface area contributed by atoms with Gasteiger partial charge in [-0.3, -0.25) is 0 Å². The molecule has 0 aromatic rings. The van der Waals surface area contributed by atoms with E-state index in [4.69, 9.17) is 4.74 Å². The van der Waals surface area contributed by atoms with Gasteiger partial charge in [-0.05, 0) is 12.8 Å². The van der Waals surface area contributed by atoms with Crippen LogP contribution in [0.25, 0.3) is 0 Å². The van der Waals surface area contributed by atoms with Crippen molar-refractivity contribution in [2.45, 2.75) is 26.7 Å². The zero-order valence-corrected chi connectivity index (χ0v) is 6.39. The van der Waals surface area contributed by atoms with Gasteiger partial charge < -0.3 is 4.74 Å². The first kappa shape index (κ1) is 8.70. The molecule has 0 saturated carbocycles. The van der Waals surface area contributed by atoms with Gasteiger partial charge in [0.05, 0.1) is 6.61 Å². The molecule has 0 unspecified atom stereocenters. The largest absolute Gasteiger partial charge is 0.377 e. The highest BCUT2D eigenvalue weighted by molar-refractivity contribution is 4.79. The maximum absolute atomic E-state index is 5.20. The number of rotatable bonds is 5. The minimum Gasteiger partial charge on any atom is -0.377 e. The van der Waals surface area contributed by atoms with Crippen LogP contribution in [0.4, 0.5) is 0 Å². The van der Waals surface area contributed by atoms with Crippen LogP contribution in [0.1, 0.15) is 26.7 Å². The molecule has 9 heavy (non-hydrogen) atoms. The van der Waals surface area contributed by atoms with E-state index >= 15 is 0 Å². The van der Waals surface area contributed by atoms with Gasteiger partial charge in [-0.25, -0.2) is 0 Å². The topological polar surface area (TPSA) is 9.23 Å². The Hall–Kier alpha value is -0.300. The third-order valence-corrected chi connectivity index (χ3v) is 0.965. The van der Waals surface area contributed by atoms with E-state index in [9.17, 15) is 0 Å². The lowest BCUT2D eigenvalue weighted by Crippen LogP contribution is -1.90. The molecule has 0 aliphatic carbocycles. The lowest BCUT2D eigenvalue weighted by molar-refractivity contribution is 0.163. The molecule has 0 aliphatic heterocycles. The van der Waals surface area contributed by atoms with Gasteiger partial charge in [-0.15, -0.1) is 0 Å². The van der Waals surface area contributed by atoms with E-state index in [0.29, 0.717) is 0 Å². The Kier molecular flexibility index (Phi) is 7.44. The average molecular weight is 128 g/mol. The fraction of sp³-hybridized carbons (Fsp3) is 0.750. The second-order valence-corrected chi connectivity index (χ2v) is 1.95. The van der Waals surface area contributed by atoms with Crippen molar-refractivity contribution >= 4 is 0 Å². The first-order valence-corrected chi connectivity index (χ1v) is 3.64. The van der Waals surface area contributed by atoms with Crippen LogP contribution in [-0.2, 0) is 4.74 Å². The van der Waals surface area contributed by atoms with Crippen molar-refractivity contribution in [2.75, 3.05) is 13.2 Å². The Balaban J connectivity index is 2.82. The molecule has 1 nitrogen and oxygen atoms in total. The van der Waals surface area contributed by atoms with Crippen LogP contribution >= 0.6 is 0 Å². The maximum Gasteiger partial charge on any atom is 0.0647 e. The predicted molar refractivity (Wildman–Crippen MR) is 40.5 cm³/mol. The number of hydrogen-bond acceptors (Lipinski definition) is 1. The lowest BCUT2D eigenvalue weighted by Gasteiger charge is -1.94. The molecule has 0 fully saturated rings. The van der Waals surface area contributed by atoms with Gasteiger partial charge in [0.15, 0.2) is 0 Å². The van der Waals surface area contributed by atoms with E-state index < -0.39 is 0 Å². The van der Waals surface area contributed by atoms with Gasteiger partial charge in [0.2, 0.25) is 0 Å². The Morgan fingerprint density at radius 1 is 1.22 bits per heavy atom. The molecule has 0 spiro atoms. The summed E-state index contributed by atoms with van der Waals surface area (Å²) in [7, 11) is 0. The predicted octanol–water partition coefficient (Wildman–Crippen LogP) is 2.38. The molecule has 0 bridgehead atoms. The molecule has 1 heteroatoms. The van der Waals surface area contributed by atoms with Gasteiger partial charge in [-0.2, -0.15) is 0 Å². The molecule has 0 aromatic heterocycles. The van der Waals surface area contributed by atoms with E-state index in [1.54, 1.807) is 0 Å². The number of ether oxygens (including phenoxy) is 1. The van der Waals surface area contributed by atoms with Crippen LogP contribution < -0.4 is 0 Å². The van der Waals surface area contributed by atoms with Crippen molar-refractivity contribution < 1.29 is 4.74 Å². The van der Waals surface area contributed by atoms with Crippen LogP contribution in [0, 0.1) is 0 Å². The summed E-state index contributed by atoms with van der Waals surface area (Å²) < 4.78 is 5.20. The van der Waals surface area contributed by atoms with E-state index in [1.807, 2.05) is 0 Å². The van der Waals surface area contributed by atoms with Crippen LogP contribution in [0.3, 0.4) is 0 Å². The van der Waals surface area contributed by atoms with Crippen molar-refractivity contribution in [1.29, 1.82) is 0 Å². The van der Waals surface area contributed by atoms with Crippen LogP contribution in [0.15, 0.2) is 12.2 Å². The Morgan fingerprint density at radius 2 is 2.00 bits per heavy atom. The highest BCUT2D eigenvalue weighted by Crippen LogP contribution is 1.83. The van der Waals surface area contributed by atoms with Crippen LogP contribution in [0.2, 0.25) is 0 Å². The molecule has 0 heterocycles.